The fourth-order valence-electron chi connectivity index (χ4n) is 1.35. The summed E-state index contributed by atoms with van der Waals surface area (Å²) in [6.45, 7) is 0. The minimum absolute atomic E-state index is 0. The van der Waals surface area contributed by atoms with Gasteiger partial charge >= 0.3 is 0 Å². The maximum Gasteiger partial charge on any atom is 0.193 e. The second kappa shape index (κ2) is 5.43. The Balaban J connectivity index is 0.00000112. The Morgan fingerprint density at radius 3 is 1.33 bits per heavy atom. The molecule has 2 aromatic carbocycles. The first-order valence-corrected chi connectivity index (χ1v) is 4.53. The predicted octanol–water partition coefficient (Wildman–Crippen LogP) is 2.98. The van der Waals surface area contributed by atoms with Crippen molar-refractivity contribution in [1.29, 1.82) is 0 Å². The predicted molar refractivity (Wildman–Crippen MR) is 67.4 cm³/mol. The molecule has 15 heavy (non-hydrogen) atoms. The van der Waals surface area contributed by atoms with Crippen LogP contribution in [0, 0.1) is 0 Å². The van der Waals surface area contributed by atoms with E-state index in [1.54, 1.807) is 0 Å². The van der Waals surface area contributed by atoms with Gasteiger partial charge in [0.05, 0.1) is 0 Å². The summed E-state index contributed by atoms with van der Waals surface area (Å²) in [7, 11) is 0. The summed E-state index contributed by atoms with van der Waals surface area (Å²) < 4.78 is 0. The molecule has 0 saturated heterocycles. The first kappa shape index (κ1) is 11.6. The molecule has 76 valence electrons. The van der Waals surface area contributed by atoms with Crippen molar-refractivity contribution in [3.05, 3.63) is 71.8 Å². The van der Waals surface area contributed by atoms with Gasteiger partial charge in [-0.1, -0.05) is 60.7 Å². The molecule has 0 fully saturated rings. The lowest BCUT2D eigenvalue weighted by Gasteiger charge is -1.99. The monoisotopic (exact) mass is 216 g/mol. The summed E-state index contributed by atoms with van der Waals surface area (Å²) in [5, 5.41) is 0. The highest BCUT2D eigenvalue weighted by atomic mass is 31.0. The number of rotatable bonds is 2. The van der Waals surface area contributed by atoms with Crippen LogP contribution in [0.2, 0.25) is 0 Å². The zero-order valence-corrected chi connectivity index (χ0v) is 9.80. The van der Waals surface area contributed by atoms with Crippen molar-refractivity contribution in [2.75, 3.05) is 0 Å². The van der Waals surface area contributed by atoms with Crippen LogP contribution in [0.3, 0.4) is 0 Å². The Labute approximate surface area is 92.8 Å². The fourth-order valence-corrected chi connectivity index (χ4v) is 1.35. The highest BCUT2D eigenvalue weighted by Gasteiger charge is 2.06. The van der Waals surface area contributed by atoms with Gasteiger partial charge in [-0.25, -0.2) is 0 Å². The van der Waals surface area contributed by atoms with E-state index in [0.29, 0.717) is 0 Å². The molecule has 0 aromatic heterocycles. The van der Waals surface area contributed by atoms with Crippen LogP contribution in [0.5, 0.6) is 0 Å². The summed E-state index contributed by atoms with van der Waals surface area (Å²) in [6.07, 6.45) is 0. The van der Waals surface area contributed by atoms with Gasteiger partial charge in [-0.3, -0.25) is 4.79 Å². The first-order chi connectivity index (χ1) is 6.88. The van der Waals surface area contributed by atoms with Crippen molar-refractivity contribution in [3.8, 4) is 0 Å². The Kier molecular flexibility index (Phi) is 4.20. The Hall–Kier alpha value is -1.46. The van der Waals surface area contributed by atoms with Crippen molar-refractivity contribution in [1.82, 2.24) is 0 Å². The van der Waals surface area contributed by atoms with Crippen molar-refractivity contribution in [2.45, 2.75) is 0 Å². The lowest BCUT2D eigenvalue weighted by Crippen LogP contribution is -1.99. The van der Waals surface area contributed by atoms with E-state index in [4.69, 9.17) is 0 Å². The number of carbonyl (C=O) groups is 1. The van der Waals surface area contributed by atoms with E-state index in [0.717, 1.165) is 11.1 Å². The van der Waals surface area contributed by atoms with Crippen molar-refractivity contribution < 1.29 is 4.79 Å². The van der Waals surface area contributed by atoms with Crippen LogP contribution in [0.4, 0.5) is 0 Å². The number of hydrogen-bond acceptors (Lipinski definition) is 1. The van der Waals surface area contributed by atoms with Crippen molar-refractivity contribution in [2.24, 2.45) is 0 Å². The molecule has 1 unspecified atom stereocenters. The van der Waals surface area contributed by atoms with Crippen molar-refractivity contribution in [3.63, 3.8) is 0 Å². The molecule has 2 rings (SSSR count). The number of carbonyl (C=O) groups excluding carboxylic acids is 1. The quantitative estimate of drug-likeness (QED) is 0.557. The van der Waals surface area contributed by atoms with Gasteiger partial charge in [-0.05, 0) is 0 Å². The van der Waals surface area contributed by atoms with Gasteiger partial charge in [0.2, 0.25) is 0 Å². The highest BCUT2D eigenvalue weighted by Crippen LogP contribution is 2.08. The number of hydrogen-bond donors (Lipinski definition) is 0. The maximum atomic E-state index is 11.8. The Morgan fingerprint density at radius 1 is 0.667 bits per heavy atom. The van der Waals surface area contributed by atoms with Gasteiger partial charge in [0.1, 0.15) is 0 Å². The fraction of sp³-hybridized carbons (Fsp3) is 0. The van der Waals surface area contributed by atoms with Crippen LogP contribution in [0.1, 0.15) is 15.9 Å². The average molecular weight is 216 g/mol. The van der Waals surface area contributed by atoms with E-state index in [2.05, 4.69) is 0 Å². The van der Waals surface area contributed by atoms with Gasteiger partial charge in [0.25, 0.3) is 0 Å². The molecule has 0 saturated carbocycles. The van der Waals surface area contributed by atoms with Crippen LogP contribution in [0.25, 0.3) is 0 Å². The third kappa shape index (κ3) is 2.74. The van der Waals surface area contributed by atoms with Gasteiger partial charge in [0.15, 0.2) is 5.78 Å². The van der Waals surface area contributed by atoms with Crippen LogP contribution >= 0.6 is 9.90 Å². The summed E-state index contributed by atoms with van der Waals surface area (Å²) in [4.78, 5) is 11.8. The molecule has 0 heterocycles. The van der Waals surface area contributed by atoms with E-state index in [-0.39, 0.29) is 15.7 Å². The number of ketones is 1. The summed E-state index contributed by atoms with van der Waals surface area (Å²) >= 11 is 0. The Morgan fingerprint density at radius 2 is 1.00 bits per heavy atom. The molecule has 0 spiro atoms. The molecule has 2 heteroatoms. The van der Waals surface area contributed by atoms with Crippen LogP contribution in [0.15, 0.2) is 60.7 Å². The second-order valence-corrected chi connectivity index (χ2v) is 3.06. The van der Waals surface area contributed by atoms with E-state index in [1.807, 2.05) is 60.7 Å². The molecule has 1 nitrogen and oxygen atoms in total. The molecule has 0 amide bonds. The molecule has 0 bridgehead atoms. The van der Waals surface area contributed by atoms with E-state index in [9.17, 15) is 4.79 Å². The second-order valence-electron chi connectivity index (χ2n) is 3.06. The largest absolute Gasteiger partial charge is 0.289 e. The smallest absolute Gasteiger partial charge is 0.193 e. The molecule has 2 aromatic rings. The maximum absolute atomic E-state index is 11.8. The number of benzene rings is 2. The molecule has 0 radical (unpaired) electrons. The minimum Gasteiger partial charge on any atom is -0.289 e. The third-order valence-electron chi connectivity index (χ3n) is 2.07. The van der Waals surface area contributed by atoms with Crippen LogP contribution in [-0.2, 0) is 0 Å². The summed E-state index contributed by atoms with van der Waals surface area (Å²) in [5.41, 5.74) is 1.47. The van der Waals surface area contributed by atoms with E-state index in [1.165, 1.54) is 0 Å². The topological polar surface area (TPSA) is 17.1 Å². The lowest BCUT2D eigenvalue weighted by atomic mass is 10.0. The molecular weight excluding hydrogens is 203 g/mol. The summed E-state index contributed by atoms with van der Waals surface area (Å²) in [6, 6.07) is 18.6. The zero-order chi connectivity index (χ0) is 9.80. The molecular formula is C13H13OP. The normalized spacial score (nSPS) is 9.07. The molecule has 0 N–H and O–H groups in total. The van der Waals surface area contributed by atoms with Gasteiger partial charge in [-0.2, -0.15) is 9.90 Å². The standard InChI is InChI=1S/C13H10O.H3P/c14-13(11-7-3-1-4-8-11)12-9-5-2-6-10-12;/h1-10H;1H3. The average Bonchev–Trinajstić information content (AvgIpc) is 2.30. The van der Waals surface area contributed by atoms with Gasteiger partial charge in [0, 0.05) is 11.1 Å². The highest BCUT2D eigenvalue weighted by molar-refractivity contribution is 6.92. The van der Waals surface area contributed by atoms with Crippen LogP contribution in [-0.4, -0.2) is 5.78 Å². The summed E-state index contributed by atoms with van der Waals surface area (Å²) in [5.74, 6) is 0.0752. The third-order valence-corrected chi connectivity index (χ3v) is 2.07. The van der Waals surface area contributed by atoms with Crippen LogP contribution < -0.4 is 0 Å². The molecule has 0 aliphatic rings. The minimum atomic E-state index is 0. The lowest BCUT2D eigenvalue weighted by molar-refractivity contribution is 0.103. The first-order valence-electron chi connectivity index (χ1n) is 4.53. The van der Waals surface area contributed by atoms with E-state index >= 15 is 0 Å². The molecule has 1 atom stereocenters. The molecule has 0 aliphatic heterocycles. The van der Waals surface area contributed by atoms with E-state index < -0.39 is 0 Å². The van der Waals surface area contributed by atoms with Gasteiger partial charge < -0.3 is 0 Å². The Bertz CT molecular complexity index is 381. The van der Waals surface area contributed by atoms with Crippen molar-refractivity contribution >= 4 is 15.7 Å². The molecule has 0 aliphatic carbocycles. The SMILES string of the molecule is O=C(c1ccccc1)c1ccccc1.P. The van der Waals surface area contributed by atoms with Gasteiger partial charge in [-0.15, -0.1) is 0 Å². The zero-order valence-electron chi connectivity index (χ0n) is 8.39.